The summed E-state index contributed by atoms with van der Waals surface area (Å²) in [6.45, 7) is 1.82. The topological polar surface area (TPSA) is 74.2 Å². The van der Waals surface area contributed by atoms with E-state index in [4.69, 9.17) is 25.8 Å². The summed E-state index contributed by atoms with van der Waals surface area (Å²) in [5, 5.41) is 0.150. The first-order valence-electron chi connectivity index (χ1n) is 9.69. The zero-order valence-electron chi connectivity index (χ0n) is 17.3. The molecule has 0 atom stereocenters. The van der Waals surface area contributed by atoms with E-state index >= 15 is 0 Å². The molecule has 160 valence electrons. The van der Waals surface area contributed by atoms with E-state index in [0.29, 0.717) is 16.7 Å². The number of rotatable bonds is 5. The molecule has 0 saturated heterocycles. The Morgan fingerprint density at radius 2 is 1.78 bits per heavy atom. The summed E-state index contributed by atoms with van der Waals surface area (Å²) in [6.07, 6.45) is 1.53. The van der Waals surface area contributed by atoms with Crippen LogP contribution in [0.15, 0.2) is 77.4 Å². The van der Waals surface area contributed by atoms with Crippen molar-refractivity contribution in [2.45, 2.75) is 6.92 Å². The van der Waals surface area contributed by atoms with Gasteiger partial charge in [-0.3, -0.25) is 0 Å². The Hall–Kier alpha value is -3.90. The number of carbonyl (C=O) groups is 2. The van der Waals surface area contributed by atoms with Crippen LogP contribution >= 0.6 is 11.6 Å². The lowest BCUT2D eigenvalue weighted by atomic mass is 10.1. The Morgan fingerprint density at radius 3 is 2.50 bits per heavy atom. The summed E-state index contributed by atoms with van der Waals surface area (Å²) < 4.78 is 16.2. The standard InChI is InChI=1S/C25H18ClNO5/c1-15-8-6-7-11-18(15)24(28)31-22-19(26)12-16(14-21(22)30-2)13-20-25(29)32-23(27-20)17-9-4-3-5-10-17/h3-14H,1-2H3/b20-13-. The fourth-order valence-electron chi connectivity index (χ4n) is 3.14. The number of cyclic esters (lactones) is 1. The smallest absolute Gasteiger partial charge is 0.363 e. The van der Waals surface area contributed by atoms with Crippen molar-refractivity contribution in [3.05, 3.63) is 99.7 Å². The summed E-state index contributed by atoms with van der Waals surface area (Å²) in [6, 6.07) is 19.3. The predicted molar refractivity (Wildman–Crippen MR) is 121 cm³/mol. The molecule has 0 spiro atoms. The van der Waals surface area contributed by atoms with Crippen molar-refractivity contribution >= 4 is 35.5 Å². The van der Waals surface area contributed by atoms with Crippen LogP contribution in [0.3, 0.4) is 0 Å². The normalized spacial score (nSPS) is 14.2. The summed E-state index contributed by atoms with van der Waals surface area (Å²) in [4.78, 5) is 29.1. The molecule has 1 aliphatic rings. The van der Waals surface area contributed by atoms with Gasteiger partial charge >= 0.3 is 11.9 Å². The quantitative estimate of drug-likeness (QED) is 0.304. The van der Waals surface area contributed by atoms with E-state index in [0.717, 1.165) is 5.56 Å². The third kappa shape index (κ3) is 4.40. The number of aryl methyl sites for hydroxylation is 1. The third-order valence-electron chi connectivity index (χ3n) is 4.76. The molecule has 0 saturated carbocycles. The summed E-state index contributed by atoms with van der Waals surface area (Å²) in [7, 11) is 1.43. The molecule has 4 rings (SSSR count). The molecule has 0 aliphatic carbocycles. The first kappa shape index (κ1) is 21.3. The molecule has 0 fully saturated rings. The second-order valence-electron chi connectivity index (χ2n) is 6.94. The highest BCUT2D eigenvalue weighted by molar-refractivity contribution is 6.32. The van der Waals surface area contributed by atoms with E-state index in [-0.39, 0.29) is 28.1 Å². The highest BCUT2D eigenvalue weighted by atomic mass is 35.5. The molecule has 32 heavy (non-hydrogen) atoms. The largest absolute Gasteiger partial charge is 0.493 e. The number of benzene rings is 3. The molecule has 0 N–H and O–H groups in total. The van der Waals surface area contributed by atoms with Crippen LogP contribution in [0, 0.1) is 6.92 Å². The zero-order chi connectivity index (χ0) is 22.7. The van der Waals surface area contributed by atoms with Crippen LogP contribution in [0.1, 0.15) is 27.0 Å². The third-order valence-corrected chi connectivity index (χ3v) is 5.04. The maximum absolute atomic E-state index is 12.6. The molecule has 0 amide bonds. The lowest BCUT2D eigenvalue weighted by molar-refractivity contribution is -0.129. The number of aliphatic imine (C=N–C) groups is 1. The monoisotopic (exact) mass is 447 g/mol. The fourth-order valence-corrected chi connectivity index (χ4v) is 3.40. The lowest BCUT2D eigenvalue weighted by Gasteiger charge is -2.13. The van der Waals surface area contributed by atoms with Crippen LogP contribution in [0.25, 0.3) is 6.08 Å². The van der Waals surface area contributed by atoms with Crippen molar-refractivity contribution in [2.75, 3.05) is 7.11 Å². The maximum Gasteiger partial charge on any atom is 0.363 e. The van der Waals surface area contributed by atoms with Gasteiger partial charge in [0.15, 0.2) is 17.2 Å². The Kier molecular flexibility index (Phi) is 6.05. The molecule has 0 unspecified atom stereocenters. The number of nitrogens with zero attached hydrogens (tertiary/aromatic N) is 1. The van der Waals surface area contributed by atoms with Crippen LogP contribution in [-0.4, -0.2) is 24.9 Å². The molecule has 0 radical (unpaired) electrons. The molecular weight excluding hydrogens is 430 g/mol. The Bertz CT molecular complexity index is 1260. The van der Waals surface area contributed by atoms with Crippen molar-refractivity contribution in [2.24, 2.45) is 4.99 Å². The number of ether oxygens (including phenoxy) is 3. The van der Waals surface area contributed by atoms with Crippen molar-refractivity contribution in [3.8, 4) is 11.5 Å². The van der Waals surface area contributed by atoms with Crippen LogP contribution in [0.5, 0.6) is 11.5 Å². The number of hydrogen-bond acceptors (Lipinski definition) is 6. The van der Waals surface area contributed by atoms with Crippen LogP contribution < -0.4 is 9.47 Å². The molecule has 3 aromatic rings. The van der Waals surface area contributed by atoms with E-state index in [2.05, 4.69) is 4.99 Å². The van der Waals surface area contributed by atoms with Gasteiger partial charge in [-0.25, -0.2) is 14.6 Å². The maximum atomic E-state index is 12.6. The summed E-state index contributed by atoms with van der Waals surface area (Å²) in [5.74, 6) is -0.569. The van der Waals surface area contributed by atoms with Crippen LogP contribution in [0.4, 0.5) is 0 Å². The van der Waals surface area contributed by atoms with E-state index in [1.54, 1.807) is 36.4 Å². The predicted octanol–water partition coefficient (Wildman–Crippen LogP) is 5.22. The molecule has 0 bridgehead atoms. The second-order valence-corrected chi connectivity index (χ2v) is 7.35. The first-order valence-corrected chi connectivity index (χ1v) is 10.1. The van der Waals surface area contributed by atoms with E-state index in [1.807, 2.05) is 37.3 Å². The van der Waals surface area contributed by atoms with Crippen molar-refractivity contribution < 1.29 is 23.8 Å². The SMILES string of the molecule is COc1cc(/C=C2\N=C(c3ccccc3)OC2=O)cc(Cl)c1OC(=O)c1ccccc1C. The molecule has 1 heterocycles. The van der Waals surface area contributed by atoms with Gasteiger partial charge in [0.05, 0.1) is 17.7 Å². The van der Waals surface area contributed by atoms with Gasteiger partial charge in [0.2, 0.25) is 5.90 Å². The van der Waals surface area contributed by atoms with Gasteiger partial charge in [-0.15, -0.1) is 0 Å². The molecule has 0 aromatic heterocycles. The minimum absolute atomic E-state index is 0.0899. The van der Waals surface area contributed by atoms with Crippen molar-refractivity contribution in [1.82, 2.24) is 0 Å². The molecule has 3 aromatic carbocycles. The average molecular weight is 448 g/mol. The molecular formula is C25H18ClNO5. The lowest BCUT2D eigenvalue weighted by Crippen LogP contribution is -2.11. The Labute approximate surface area is 189 Å². The van der Waals surface area contributed by atoms with Crippen molar-refractivity contribution in [3.63, 3.8) is 0 Å². The minimum atomic E-state index is -0.575. The number of carbonyl (C=O) groups excluding carboxylic acids is 2. The van der Waals surface area contributed by atoms with E-state index in [1.165, 1.54) is 13.2 Å². The van der Waals surface area contributed by atoms with Gasteiger partial charge < -0.3 is 14.2 Å². The highest BCUT2D eigenvalue weighted by Crippen LogP contribution is 2.38. The van der Waals surface area contributed by atoms with Gasteiger partial charge in [0.1, 0.15) is 0 Å². The van der Waals surface area contributed by atoms with Gasteiger partial charge in [0, 0.05) is 5.56 Å². The van der Waals surface area contributed by atoms with Crippen LogP contribution in [-0.2, 0) is 9.53 Å². The van der Waals surface area contributed by atoms with Crippen LogP contribution in [0.2, 0.25) is 5.02 Å². The summed E-state index contributed by atoms with van der Waals surface area (Å²) in [5.41, 5.74) is 2.55. The highest BCUT2D eigenvalue weighted by Gasteiger charge is 2.25. The number of halogens is 1. The number of hydrogen-bond donors (Lipinski definition) is 0. The van der Waals surface area contributed by atoms with Gasteiger partial charge in [0.25, 0.3) is 0 Å². The second kappa shape index (κ2) is 9.08. The Balaban J connectivity index is 1.64. The van der Waals surface area contributed by atoms with Gasteiger partial charge in [-0.1, -0.05) is 48.0 Å². The molecule has 6 nitrogen and oxygen atoms in total. The fraction of sp³-hybridized carbons (Fsp3) is 0.0800. The molecule has 7 heteroatoms. The van der Waals surface area contributed by atoms with Crippen molar-refractivity contribution in [1.29, 1.82) is 0 Å². The average Bonchev–Trinajstić information content (AvgIpc) is 3.16. The Morgan fingerprint density at radius 1 is 1.06 bits per heavy atom. The number of esters is 2. The van der Waals surface area contributed by atoms with E-state index in [9.17, 15) is 9.59 Å². The summed E-state index contributed by atoms with van der Waals surface area (Å²) >= 11 is 6.39. The van der Waals surface area contributed by atoms with E-state index < -0.39 is 11.9 Å². The molecule has 1 aliphatic heterocycles. The van der Waals surface area contributed by atoms with Gasteiger partial charge in [-0.05, 0) is 54.5 Å². The zero-order valence-corrected chi connectivity index (χ0v) is 18.1. The van der Waals surface area contributed by atoms with Gasteiger partial charge in [-0.2, -0.15) is 0 Å². The minimum Gasteiger partial charge on any atom is -0.493 e. The number of methoxy groups -OCH3 is 1. The first-order chi connectivity index (χ1) is 15.5.